The highest BCUT2D eigenvalue weighted by Gasteiger charge is 2.06. The number of benzene rings is 1. The van der Waals surface area contributed by atoms with E-state index >= 15 is 0 Å². The minimum absolute atomic E-state index is 0.117. The smallest absolute Gasteiger partial charge is 0.246 e. The van der Waals surface area contributed by atoms with Crippen LogP contribution in [0.25, 0.3) is 0 Å². The molecule has 0 saturated heterocycles. The molecule has 2 aromatic rings. The number of hydrogen-bond acceptors (Lipinski definition) is 4. The number of aliphatic hydroxyl groups excluding tert-OH is 1. The van der Waals surface area contributed by atoms with Crippen LogP contribution in [0, 0.1) is 18.8 Å². The zero-order chi connectivity index (χ0) is 14.4. The molecule has 6 nitrogen and oxygen atoms in total. The van der Waals surface area contributed by atoms with Crippen LogP contribution in [0.3, 0.4) is 0 Å². The zero-order valence-corrected chi connectivity index (χ0v) is 11.0. The number of rotatable bonds is 3. The maximum Gasteiger partial charge on any atom is 0.246 e. The van der Waals surface area contributed by atoms with Crippen molar-refractivity contribution in [1.29, 1.82) is 0 Å². The molecule has 0 spiro atoms. The van der Waals surface area contributed by atoms with Gasteiger partial charge in [0, 0.05) is 11.3 Å². The summed E-state index contributed by atoms with van der Waals surface area (Å²) in [5.41, 5.74) is 2.43. The van der Waals surface area contributed by atoms with Crippen LogP contribution in [-0.2, 0) is 11.3 Å². The van der Waals surface area contributed by atoms with E-state index in [0.29, 0.717) is 0 Å². The fourth-order valence-corrected chi connectivity index (χ4v) is 1.67. The van der Waals surface area contributed by atoms with Gasteiger partial charge in [0.2, 0.25) is 5.91 Å². The fraction of sp³-hybridized carbons (Fsp3) is 0.214. The molecule has 0 radical (unpaired) electrons. The molecule has 0 saturated carbocycles. The second kappa shape index (κ2) is 6.50. The lowest BCUT2D eigenvalue weighted by molar-refractivity contribution is -0.116. The summed E-state index contributed by atoms with van der Waals surface area (Å²) in [4.78, 5) is 15.6. The Morgan fingerprint density at radius 3 is 3.00 bits per heavy atom. The van der Waals surface area contributed by atoms with Crippen molar-refractivity contribution in [3.8, 4) is 11.8 Å². The molecule has 2 rings (SSSR count). The number of aliphatic hydroxyl groups is 1. The Labute approximate surface area is 116 Å². The summed E-state index contributed by atoms with van der Waals surface area (Å²) in [5, 5.41) is 15.3. The predicted octanol–water partition coefficient (Wildman–Crippen LogP) is 0.569. The summed E-state index contributed by atoms with van der Waals surface area (Å²) >= 11 is 0. The van der Waals surface area contributed by atoms with Gasteiger partial charge in [-0.3, -0.25) is 4.79 Å². The third-order valence-corrected chi connectivity index (χ3v) is 2.58. The van der Waals surface area contributed by atoms with Gasteiger partial charge in [0.25, 0.3) is 0 Å². The quantitative estimate of drug-likeness (QED) is 0.799. The molecule has 102 valence electrons. The number of aryl methyl sites for hydroxylation is 1. The first-order valence-corrected chi connectivity index (χ1v) is 6.01. The van der Waals surface area contributed by atoms with E-state index in [1.807, 2.05) is 13.0 Å². The van der Waals surface area contributed by atoms with Crippen LogP contribution in [0.4, 0.5) is 5.69 Å². The minimum atomic E-state index is -0.173. The van der Waals surface area contributed by atoms with Crippen molar-refractivity contribution in [2.45, 2.75) is 13.5 Å². The van der Waals surface area contributed by atoms with E-state index in [4.69, 9.17) is 5.11 Å². The molecule has 0 fully saturated rings. The van der Waals surface area contributed by atoms with Crippen molar-refractivity contribution in [2.75, 3.05) is 11.9 Å². The van der Waals surface area contributed by atoms with E-state index in [-0.39, 0.29) is 19.1 Å². The van der Waals surface area contributed by atoms with Crippen LogP contribution < -0.4 is 5.32 Å². The summed E-state index contributed by atoms with van der Waals surface area (Å²) in [6.07, 6.45) is 2.87. The molecular weight excluding hydrogens is 256 g/mol. The number of carbonyl (C=O) groups excluding carboxylic acids is 1. The lowest BCUT2D eigenvalue weighted by Crippen LogP contribution is -2.19. The highest BCUT2D eigenvalue weighted by Crippen LogP contribution is 2.16. The first-order chi connectivity index (χ1) is 9.69. The van der Waals surface area contributed by atoms with E-state index in [1.54, 1.807) is 12.1 Å². The Morgan fingerprint density at radius 2 is 2.35 bits per heavy atom. The van der Waals surface area contributed by atoms with Gasteiger partial charge < -0.3 is 10.4 Å². The van der Waals surface area contributed by atoms with Crippen LogP contribution in [0.1, 0.15) is 11.1 Å². The van der Waals surface area contributed by atoms with Crippen molar-refractivity contribution in [3.63, 3.8) is 0 Å². The number of hydrogen-bond donors (Lipinski definition) is 2. The van der Waals surface area contributed by atoms with Crippen LogP contribution in [0.15, 0.2) is 30.9 Å². The second-order valence-electron chi connectivity index (χ2n) is 4.13. The van der Waals surface area contributed by atoms with Gasteiger partial charge in [-0.25, -0.2) is 9.67 Å². The molecular formula is C14H14N4O2. The van der Waals surface area contributed by atoms with E-state index in [2.05, 4.69) is 27.2 Å². The number of amides is 1. The fourth-order valence-electron chi connectivity index (χ4n) is 1.67. The van der Waals surface area contributed by atoms with Gasteiger partial charge in [-0.05, 0) is 30.7 Å². The summed E-state index contributed by atoms with van der Waals surface area (Å²) in [5.74, 6) is 5.23. The van der Waals surface area contributed by atoms with Crippen LogP contribution in [0.5, 0.6) is 0 Å². The maximum atomic E-state index is 11.8. The molecule has 0 atom stereocenters. The normalized spacial score (nSPS) is 9.70. The van der Waals surface area contributed by atoms with Crippen molar-refractivity contribution in [3.05, 3.63) is 42.0 Å². The Balaban J connectivity index is 2.04. The van der Waals surface area contributed by atoms with E-state index in [1.165, 1.54) is 17.3 Å². The maximum absolute atomic E-state index is 11.8. The molecule has 0 aliphatic rings. The Kier molecular flexibility index (Phi) is 4.47. The van der Waals surface area contributed by atoms with Gasteiger partial charge in [-0.2, -0.15) is 5.10 Å². The van der Waals surface area contributed by atoms with Crippen molar-refractivity contribution in [1.82, 2.24) is 14.8 Å². The predicted molar refractivity (Wildman–Crippen MR) is 73.8 cm³/mol. The molecule has 1 amide bonds. The van der Waals surface area contributed by atoms with Gasteiger partial charge in [0.05, 0.1) is 0 Å². The van der Waals surface area contributed by atoms with Crippen molar-refractivity contribution in [2.24, 2.45) is 0 Å². The number of nitrogens with zero attached hydrogens (tertiary/aromatic N) is 3. The highest BCUT2D eigenvalue weighted by atomic mass is 16.2. The summed E-state index contributed by atoms with van der Waals surface area (Å²) < 4.78 is 1.45. The second-order valence-corrected chi connectivity index (χ2v) is 4.13. The third kappa shape index (κ3) is 3.67. The largest absolute Gasteiger partial charge is 0.384 e. The topological polar surface area (TPSA) is 80.0 Å². The monoisotopic (exact) mass is 270 g/mol. The zero-order valence-electron chi connectivity index (χ0n) is 11.0. The molecule has 0 aliphatic heterocycles. The lowest BCUT2D eigenvalue weighted by atomic mass is 10.1. The number of anilines is 1. The standard InChI is InChI=1S/C14H14N4O2/c1-11-7-12(3-2-6-19)4-5-13(11)17-14(20)8-18-10-15-9-16-18/h4-5,7,9-10,19H,6,8H2,1H3,(H,17,20). The Bertz CT molecular complexity index is 654. The highest BCUT2D eigenvalue weighted by molar-refractivity contribution is 5.91. The Hall–Kier alpha value is -2.65. The van der Waals surface area contributed by atoms with Gasteiger partial charge >= 0.3 is 0 Å². The van der Waals surface area contributed by atoms with Gasteiger partial charge in [0.1, 0.15) is 25.8 Å². The summed E-state index contributed by atoms with van der Waals surface area (Å²) in [6, 6.07) is 5.43. The third-order valence-electron chi connectivity index (χ3n) is 2.58. The average molecular weight is 270 g/mol. The molecule has 0 bridgehead atoms. The number of carbonyl (C=O) groups is 1. The van der Waals surface area contributed by atoms with E-state index < -0.39 is 0 Å². The summed E-state index contributed by atoms with van der Waals surface area (Å²) in [6.45, 7) is 1.83. The number of aromatic nitrogens is 3. The molecule has 0 unspecified atom stereocenters. The SMILES string of the molecule is Cc1cc(C#CCO)ccc1NC(=O)Cn1cncn1. The lowest BCUT2D eigenvalue weighted by Gasteiger charge is -2.08. The van der Waals surface area contributed by atoms with Crippen LogP contribution >= 0.6 is 0 Å². The molecule has 2 N–H and O–H groups in total. The minimum Gasteiger partial charge on any atom is -0.384 e. The average Bonchev–Trinajstić information content (AvgIpc) is 2.92. The molecule has 20 heavy (non-hydrogen) atoms. The van der Waals surface area contributed by atoms with Crippen molar-refractivity contribution >= 4 is 11.6 Å². The summed E-state index contributed by atoms with van der Waals surface area (Å²) in [7, 11) is 0. The van der Waals surface area contributed by atoms with E-state index in [0.717, 1.165) is 16.8 Å². The molecule has 1 heterocycles. The molecule has 1 aromatic heterocycles. The Morgan fingerprint density at radius 1 is 1.50 bits per heavy atom. The van der Waals surface area contributed by atoms with Gasteiger partial charge in [0.15, 0.2) is 0 Å². The van der Waals surface area contributed by atoms with E-state index in [9.17, 15) is 4.79 Å². The molecule has 0 aliphatic carbocycles. The van der Waals surface area contributed by atoms with Gasteiger partial charge in [-0.1, -0.05) is 11.8 Å². The van der Waals surface area contributed by atoms with Crippen molar-refractivity contribution < 1.29 is 9.90 Å². The molecule has 1 aromatic carbocycles. The van der Waals surface area contributed by atoms with Gasteiger partial charge in [-0.15, -0.1) is 0 Å². The number of nitrogens with one attached hydrogen (secondary N) is 1. The molecule has 6 heteroatoms. The first-order valence-electron chi connectivity index (χ1n) is 6.01. The first kappa shape index (κ1) is 13.8. The van der Waals surface area contributed by atoms with Crippen LogP contribution in [-0.4, -0.2) is 32.4 Å². The van der Waals surface area contributed by atoms with Crippen LogP contribution in [0.2, 0.25) is 0 Å².